The van der Waals surface area contributed by atoms with E-state index in [2.05, 4.69) is 17.9 Å². The Balaban J connectivity index is 1.59. The molecule has 0 radical (unpaired) electrons. The summed E-state index contributed by atoms with van der Waals surface area (Å²) < 4.78 is 11.3. The molecule has 2 aliphatic rings. The number of rotatable bonds is 5. The average molecular weight is 308 g/mol. The summed E-state index contributed by atoms with van der Waals surface area (Å²) in [5.74, 6) is 1.61. The smallest absolute Gasteiger partial charge is 0.127 e. The Hall–Kier alpha value is -1.03. The van der Waals surface area contributed by atoms with Crippen molar-refractivity contribution in [2.24, 2.45) is 5.92 Å². The number of nitrogens with zero attached hydrogens (tertiary/aromatic N) is 1. The van der Waals surface area contributed by atoms with Gasteiger partial charge < -0.3 is 9.47 Å². The summed E-state index contributed by atoms with van der Waals surface area (Å²) >= 11 is 6.05. The Morgan fingerprint density at radius 1 is 1.43 bits per heavy atom. The molecule has 1 atom stereocenters. The first-order chi connectivity index (χ1) is 10.2. The molecule has 0 spiro atoms. The molecule has 1 aromatic carbocycles. The predicted molar refractivity (Wildman–Crippen MR) is 86.0 cm³/mol. The molecule has 21 heavy (non-hydrogen) atoms. The summed E-state index contributed by atoms with van der Waals surface area (Å²) in [5.41, 5.74) is 2.41. The quantitative estimate of drug-likeness (QED) is 0.831. The molecule has 0 unspecified atom stereocenters. The lowest BCUT2D eigenvalue weighted by molar-refractivity contribution is 0.112. The minimum Gasteiger partial charge on any atom is -0.489 e. The van der Waals surface area contributed by atoms with Gasteiger partial charge in [-0.25, -0.2) is 0 Å². The highest BCUT2D eigenvalue weighted by atomic mass is 35.5. The maximum absolute atomic E-state index is 6.05. The van der Waals surface area contributed by atoms with Gasteiger partial charge in [0.1, 0.15) is 12.4 Å². The van der Waals surface area contributed by atoms with Crippen molar-refractivity contribution < 1.29 is 9.47 Å². The predicted octanol–water partition coefficient (Wildman–Crippen LogP) is 3.47. The highest BCUT2D eigenvalue weighted by Crippen LogP contribution is 2.29. The molecule has 3 rings (SSSR count). The van der Waals surface area contributed by atoms with Crippen LogP contribution in [-0.4, -0.2) is 44.4 Å². The summed E-state index contributed by atoms with van der Waals surface area (Å²) in [4.78, 5) is 2.49. The molecule has 0 bridgehead atoms. The summed E-state index contributed by atoms with van der Waals surface area (Å²) in [6, 6.07) is 5.79. The Morgan fingerprint density at radius 3 is 3.19 bits per heavy atom. The van der Waals surface area contributed by atoms with Crippen LogP contribution in [0.25, 0.3) is 6.08 Å². The standard InChI is InChI=1S/C17H22ClNO2/c1-2-20-11-13-5-6-19(9-13)10-14-7-15-8-16(18)3-4-17(15)21-12-14/h3-4,7-8,13H,2,5-6,9-12H2,1H3/t13-/m0/s1. The van der Waals surface area contributed by atoms with Gasteiger partial charge in [0.2, 0.25) is 0 Å². The zero-order valence-electron chi connectivity index (χ0n) is 12.5. The van der Waals surface area contributed by atoms with Gasteiger partial charge in [-0.2, -0.15) is 0 Å². The second-order valence-electron chi connectivity index (χ2n) is 5.82. The normalized spacial score (nSPS) is 21.8. The average Bonchev–Trinajstić information content (AvgIpc) is 2.92. The summed E-state index contributed by atoms with van der Waals surface area (Å²) in [5, 5.41) is 0.757. The number of ether oxygens (including phenoxy) is 2. The maximum atomic E-state index is 6.05. The second kappa shape index (κ2) is 6.82. The molecule has 0 N–H and O–H groups in total. The van der Waals surface area contributed by atoms with E-state index in [-0.39, 0.29) is 0 Å². The molecule has 114 valence electrons. The van der Waals surface area contributed by atoms with E-state index in [9.17, 15) is 0 Å². The molecule has 2 aliphatic heterocycles. The highest BCUT2D eigenvalue weighted by molar-refractivity contribution is 6.30. The first kappa shape index (κ1) is 14.9. The maximum Gasteiger partial charge on any atom is 0.127 e. The van der Waals surface area contributed by atoms with Crippen LogP contribution in [0.3, 0.4) is 0 Å². The number of hydrogen-bond acceptors (Lipinski definition) is 3. The van der Waals surface area contributed by atoms with E-state index in [1.807, 2.05) is 18.2 Å². The fraction of sp³-hybridized carbons (Fsp3) is 0.529. The van der Waals surface area contributed by atoms with Gasteiger partial charge in [0.15, 0.2) is 0 Å². The zero-order chi connectivity index (χ0) is 14.7. The van der Waals surface area contributed by atoms with Crippen LogP contribution >= 0.6 is 11.6 Å². The van der Waals surface area contributed by atoms with E-state index in [1.165, 1.54) is 12.0 Å². The molecule has 4 heteroatoms. The molecule has 1 aromatic rings. The Bertz CT molecular complexity index is 530. The lowest BCUT2D eigenvalue weighted by atomic mass is 10.1. The Kier molecular flexibility index (Phi) is 4.84. The molecular weight excluding hydrogens is 286 g/mol. The van der Waals surface area contributed by atoms with E-state index >= 15 is 0 Å². The van der Waals surface area contributed by atoms with E-state index in [0.29, 0.717) is 12.5 Å². The molecule has 0 aliphatic carbocycles. The van der Waals surface area contributed by atoms with Crippen LogP contribution in [0.2, 0.25) is 5.02 Å². The van der Waals surface area contributed by atoms with Crippen molar-refractivity contribution in [2.75, 3.05) is 39.5 Å². The molecular formula is C17H22ClNO2. The van der Waals surface area contributed by atoms with Gasteiger partial charge in [-0.3, -0.25) is 4.90 Å². The molecule has 3 nitrogen and oxygen atoms in total. The van der Waals surface area contributed by atoms with E-state index in [0.717, 1.165) is 49.2 Å². The van der Waals surface area contributed by atoms with Crippen molar-refractivity contribution in [3.63, 3.8) is 0 Å². The van der Waals surface area contributed by atoms with Crippen molar-refractivity contribution in [3.8, 4) is 5.75 Å². The zero-order valence-corrected chi connectivity index (χ0v) is 13.2. The van der Waals surface area contributed by atoms with Crippen molar-refractivity contribution in [3.05, 3.63) is 34.4 Å². The monoisotopic (exact) mass is 307 g/mol. The highest BCUT2D eigenvalue weighted by Gasteiger charge is 2.24. The molecule has 1 saturated heterocycles. The van der Waals surface area contributed by atoms with Gasteiger partial charge in [0.05, 0.1) is 6.61 Å². The van der Waals surface area contributed by atoms with Crippen molar-refractivity contribution in [1.29, 1.82) is 0 Å². The van der Waals surface area contributed by atoms with Crippen LogP contribution in [-0.2, 0) is 4.74 Å². The molecule has 0 amide bonds. The molecule has 0 saturated carbocycles. The Labute approximate surface area is 131 Å². The van der Waals surface area contributed by atoms with E-state index in [1.54, 1.807) is 0 Å². The third-order valence-electron chi connectivity index (χ3n) is 4.10. The van der Waals surface area contributed by atoms with Crippen LogP contribution in [0.5, 0.6) is 5.75 Å². The minimum absolute atomic E-state index is 0.678. The summed E-state index contributed by atoms with van der Waals surface area (Å²) in [6.45, 7) is 7.70. The number of hydrogen-bond donors (Lipinski definition) is 0. The molecule has 1 fully saturated rings. The van der Waals surface area contributed by atoms with E-state index in [4.69, 9.17) is 21.1 Å². The second-order valence-corrected chi connectivity index (χ2v) is 6.26. The summed E-state index contributed by atoms with van der Waals surface area (Å²) in [6.07, 6.45) is 3.46. The molecule has 2 heterocycles. The van der Waals surface area contributed by atoms with Crippen LogP contribution in [0.1, 0.15) is 18.9 Å². The van der Waals surface area contributed by atoms with Crippen molar-refractivity contribution in [2.45, 2.75) is 13.3 Å². The number of benzene rings is 1. The third kappa shape index (κ3) is 3.79. The van der Waals surface area contributed by atoms with Gasteiger partial charge in [0.25, 0.3) is 0 Å². The third-order valence-corrected chi connectivity index (χ3v) is 4.33. The Morgan fingerprint density at radius 2 is 2.33 bits per heavy atom. The number of likely N-dealkylation sites (tertiary alicyclic amines) is 1. The lowest BCUT2D eigenvalue weighted by Crippen LogP contribution is -2.27. The van der Waals surface area contributed by atoms with Crippen LogP contribution < -0.4 is 4.74 Å². The lowest BCUT2D eigenvalue weighted by Gasteiger charge is -2.22. The first-order valence-electron chi connectivity index (χ1n) is 7.66. The minimum atomic E-state index is 0.678. The van der Waals surface area contributed by atoms with Gasteiger partial charge in [-0.15, -0.1) is 0 Å². The summed E-state index contributed by atoms with van der Waals surface area (Å²) in [7, 11) is 0. The SMILES string of the molecule is CCOC[C@H]1CCN(CC2=Cc3cc(Cl)ccc3OC2)C1. The van der Waals surface area contributed by atoms with Gasteiger partial charge in [0, 0.05) is 30.3 Å². The topological polar surface area (TPSA) is 21.7 Å². The number of halogens is 1. The van der Waals surface area contributed by atoms with Crippen LogP contribution in [0.4, 0.5) is 0 Å². The fourth-order valence-corrected chi connectivity index (χ4v) is 3.23. The van der Waals surface area contributed by atoms with Crippen molar-refractivity contribution in [1.82, 2.24) is 4.90 Å². The van der Waals surface area contributed by atoms with Crippen molar-refractivity contribution >= 4 is 17.7 Å². The van der Waals surface area contributed by atoms with Gasteiger partial charge in [-0.1, -0.05) is 11.6 Å². The van der Waals surface area contributed by atoms with Crippen LogP contribution in [0.15, 0.2) is 23.8 Å². The number of fused-ring (bicyclic) bond motifs is 1. The van der Waals surface area contributed by atoms with Crippen LogP contribution in [0, 0.1) is 5.92 Å². The van der Waals surface area contributed by atoms with Gasteiger partial charge >= 0.3 is 0 Å². The largest absolute Gasteiger partial charge is 0.489 e. The van der Waals surface area contributed by atoms with Gasteiger partial charge in [-0.05, 0) is 55.7 Å². The first-order valence-corrected chi connectivity index (χ1v) is 8.04. The molecule has 0 aromatic heterocycles. The fourth-order valence-electron chi connectivity index (χ4n) is 3.05. The van der Waals surface area contributed by atoms with E-state index < -0.39 is 0 Å².